The van der Waals surface area contributed by atoms with Gasteiger partial charge in [0, 0.05) is 41.7 Å². The van der Waals surface area contributed by atoms with Crippen LogP contribution in [0.1, 0.15) is 23.2 Å². The van der Waals surface area contributed by atoms with Crippen LogP contribution >= 0.6 is 11.8 Å². The fourth-order valence-electron chi connectivity index (χ4n) is 4.58. The third-order valence-electron chi connectivity index (χ3n) is 6.74. The molecular formula is C34H29NO7S. The number of thioether (sulfide) groups is 1. The molecule has 4 aromatic rings. The van der Waals surface area contributed by atoms with Gasteiger partial charge in [0.05, 0.1) is 19.8 Å². The van der Waals surface area contributed by atoms with Crippen LogP contribution in [0.3, 0.4) is 0 Å². The van der Waals surface area contributed by atoms with E-state index in [1.54, 1.807) is 24.3 Å². The maximum Gasteiger partial charge on any atom is 0.330 e. The molecule has 0 bridgehead atoms. The average molecular weight is 596 g/mol. The Balaban J connectivity index is 1.15. The number of benzene rings is 4. The van der Waals surface area contributed by atoms with Crippen LogP contribution in [0.25, 0.3) is 21.5 Å². The van der Waals surface area contributed by atoms with Gasteiger partial charge in [-0.05, 0) is 88.3 Å². The second kappa shape index (κ2) is 13.8. The van der Waals surface area contributed by atoms with E-state index in [-0.39, 0.29) is 23.5 Å². The Labute approximate surface area is 252 Å². The van der Waals surface area contributed by atoms with Crippen molar-refractivity contribution in [1.29, 1.82) is 0 Å². The number of carbonyl (C=O) groups is 4. The van der Waals surface area contributed by atoms with Gasteiger partial charge in [0.15, 0.2) is 0 Å². The minimum atomic E-state index is -0.458. The minimum absolute atomic E-state index is 0.0699. The van der Waals surface area contributed by atoms with E-state index in [1.165, 1.54) is 28.8 Å². The molecule has 1 heterocycles. The van der Waals surface area contributed by atoms with Gasteiger partial charge in [-0.3, -0.25) is 19.3 Å². The molecule has 4 aromatic carbocycles. The monoisotopic (exact) mass is 595 g/mol. The zero-order valence-electron chi connectivity index (χ0n) is 23.3. The first kappa shape index (κ1) is 29.6. The van der Waals surface area contributed by atoms with Crippen molar-refractivity contribution in [2.24, 2.45) is 0 Å². The van der Waals surface area contributed by atoms with Gasteiger partial charge in [-0.15, -0.1) is 0 Å². The second-order valence-corrected chi connectivity index (χ2v) is 10.7. The summed E-state index contributed by atoms with van der Waals surface area (Å²) < 4.78 is 16.4. The minimum Gasteiger partial charge on any atom is -0.494 e. The van der Waals surface area contributed by atoms with Gasteiger partial charge in [0.2, 0.25) is 5.12 Å². The number of esters is 1. The maximum atomic E-state index is 12.9. The first-order valence-electron chi connectivity index (χ1n) is 13.8. The Morgan fingerprint density at radius 3 is 2.09 bits per heavy atom. The van der Waals surface area contributed by atoms with Crippen LogP contribution < -0.4 is 9.47 Å². The van der Waals surface area contributed by atoms with E-state index in [0.29, 0.717) is 49.7 Å². The lowest BCUT2D eigenvalue weighted by Gasteiger charge is -2.14. The molecule has 43 heavy (non-hydrogen) atoms. The molecule has 0 aliphatic carbocycles. The second-order valence-electron chi connectivity index (χ2n) is 9.68. The summed E-state index contributed by atoms with van der Waals surface area (Å²) in [7, 11) is 0. The molecule has 2 amide bonds. The van der Waals surface area contributed by atoms with Crippen LogP contribution in [0.15, 0.2) is 102 Å². The highest BCUT2D eigenvalue weighted by atomic mass is 32.2. The van der Waals surface area contributed by atoms with Gasteiger partial charge in [-0.2, -0.15) is 0 Å². The van der Waals surface area contributed by atoms with Crippen LogP contribution in [0.2, 0.25) is 0 Å². The smallest absolute Gasteiger partial charge is 0.330 e. The number of ether oxygens (including phenoxy) is 3. The van der Waals surface area contributed by atoms with E-state index in [4.69, 9.17) is 14.2 Å². The predicted molar refractivity (Wildman–Crippen MR) is 165 cm³/mol. The topological polar surface area (TPSA) is 99.2 Å². The normalized spacial score (nSPS) is 12.6. The van der Waals surface area contributed by atoms with E-state index < -0.39 is 5.97 Å². The van der Waals surface area contributed by atoms with Gasteiger partial charge in [-0.25, -0.2) is 4.79 Å². The molecule has 0 N–H and O–H groups in total. The molecule has 0 saturated carbocycles. The first-order valence-corrected chi connectivity index (χ1v) is 14.6. The Bertz CT molecular complexity index is 1710. The van der Waals surface area contributed by atoms with Crippen molar-refractivity contribution in [1.82, 2.24) is 4.90 Å². The van der Waals surface area contributed by atoms with Crippen LogP contribution in [-0.2, 0) is 19.1 Å². The predicted octanol–water partition coefficient (Wildman–Crippen LogP) is 6.12. The molecule has 1 aliphatic rings. The zero-order valence-corrected chi connectivity index (χ0v) is 24.1. The molecule has 0 saturated heterocycles. The SMILES string of the molecule is C=CC(=O)OCCCOc1ccc(C(=O)Sc2ccc3c(ccc4cc(OCCCN5C(=O)C=CC5=O)ccc43)c2)cc1. The summed E-state index contributed by atoms with van der Waals surface area (Å²) in [5, 5.41) is 4.12. The highest BCUT2D eigenvalue weighted by Crippen LogP contribution is 2.32. The summed E-state index contributed by atoms with van der Waals surface area (Å²) in [6, 6.07) is 22.9. The number of imide groups is 1. The highest BCUT2D eigenvalue weighted by Gasteiger charge is 2.22. The quantitative estimate of drug-likeness (QED) is 0.0456. The van der Waals surface area contributed by atoms with Crippen molar-refractivity contribution in [3.05, 3.63) is 103 Å². The molecule has 9 heteroatoms. The highest BCUT2D eigenvalue weighted by molar-refractivity contribution is 8.14. The van der Waals surface area contributed by atoms with Crippen LogP contribution in [0.5, 0.6) is 11.5 Å². The summed E-state index contributed by atoms with van der Waals surface area (Å²) in [5.41, 5.74) is 0.568. The van der Waals surface area contributed by atoms with Gasteiger partial charge in [0.25, 0.3) is 11.8 Å². The Morgan fingerprint density at radius 1 is 0.744 bits per heavy atom. The Hall–Kier alpha value is -4.89. The van der Waals surface area contributed by atoms with Crippen LogP contribution in [-0.4, -0.2) is 54.2 Å². The molecule has 8 nitrogen and oxygen atoms in total. The lowest BCUT2D eigenvalue weighted by atomic mass is 10.0. The molecule has 0 spiro atoms. The van der Waals surface area contributed by atoms with Crippen LogP contribution in [0, 0.1) is 0 Å². The molecule has 0 atom stereocenters. The molecule has 0 radical (unpaired) electrons. The molecule has 5 rings (SSSR count). The summed E-state index contributed by atoms with van der Waals surface area (Å²) in [4.78, 5) is 49.4. The fraction of sp³-hybridized carbons (Fsp3) is 0.176. The fourth-order valence-corrected chi connectivity index (χ4v) is 5.37. The summed E-state index contributed by atoms with van der Waals surface area (Å²) in [6.45, 7) is 4.69. The van der Waals surface area contributed by atoms with Crippen molar-refractivity contribution >= 4 is 56.2 Å². The van der Waals surface area contributed by atoms with E-state index in [2.05, 4.69) is 6.58 Å². The number of fused-ring (bicyclic) bond motifs is 3. The standard InChI is InChI=1S/C34H29NO7S/c1-2-33(38)42-20-4-19-40-26-9-7-23(8-10-26)34(39)43-28-12-14-30-25(22-28)6-5-24-21-27(11-13-29(24)30)41-18-3-17-35-31(36)15-16-32(35)37/h2,5-16,21-22H,1,3-4,17-20H2. The maximum absolute atomic E-state index is 12.9. The molecule has 0 aromatic heterocycles. The van der Waals surface area contributed by atoms with E-state index in [9.17, 15) is 19.2 Å². The molecule has 0 fully saturated rings. The number of rotatable bonds is 13. The van der Waals surface area contributed by atoms with E-state index >= 15 is 0 Å². The van der Waals surface area contributed by atoms with Gasteiger partial charge in [-0.1, -0.05) is 30.8 Å². The third kappa shape index (κ3) is 7.50. The van der Waals surface area contributed by atoms with Gasteiger partial charge < -0.3 is 14.2 Å². The van der Waals surface area contributed by atoms with Crippen molar-refractivity contribution in [2.75, 3.05) is 26.4 Å². The third-order valence-corrected chi connectivity index (χ3v) is 7.65. The number of hydrogen-bond acceptors (Lipinski definition) is 8. The summed E-state index contributed by atoms with van der Waals surface area (Å²) in [6.07, 6.45) is 4.78. The number of nitrogens with zero attached hydrogens (tertiary/aromatic N) is 1. The molecule has 1 aliphatic heterocycles. The largest absolute Gasteiger partial charge is 0.494 e. The van der Waals surface area contributed by atoms with Gasteiger partial charge >= 0.3 is 5.97 Å². The first-order chi connectivity index (χ1) is 20.9. The van der Waals surface area contributed by atoms with Crippen LogP contribution in [0.4, 0.5) is 0 Å². The number of hydrogen-bond donors (Lipinski definition) is 0. The number of amides is 2. The van der Waals surface area contributed by atoms with Crippen molar-refractivity contribution in [3.8, 4) is 11.5 Å². The van der Waals surface area contributed by atoms with Crippen molar-refractivity contribution in [3.63, 3.8) is 0 Å². The lowest BCUT2D eigenvalue weighted by Crippen LogP contribution is -2.31. The Morgan fingerprint density at radius 2 is 1.37 bits per heavy atom. The summed E-state index contributed by atoms with van der Waals surface area (Å²) >= 11 is 1.17. The summed E-state index contributed by atoms with van der Waals surface area (Å²) in [5.74, 6) is 0.322. The van der Waals surface area contributed by atoms with E-state index in [0.717, 1.165) is 32.5 Å². The molecule has 218 valence electrons. The molecular weight excluding hydrogens is 566 g/mol. The van der Waals surface area contributed by atoms with E-state index in [1.807, 2.05) is 48.5 Å². The number of carbonyl (C=O) groups excluding carboxylic acids is 4. The van der Waals surface area contributed by atoms with Crippen molar-refractivity contribution in [2.45, 2.75) is 17.7 Å². The lowest BCUT2D eigenvalue weighted by molar-refractivity contribution is -0.138. The van der Waals surface area contributed by atoms with Crippen molar-refractivity contribution < 1.29 is 33.4 Å². The molecule has 0 unspecified atom stereocenters. The Kier molecular flexibility index (Phi) is 9.53. The average Bonchev–Trinajstić information content (AvgIpc) is 3.35. The van der Waals surface area contributed by atoms with Gasteiger partial charge in [0.1, 0.15) is 11.5 Å². The zero-order chi connectivity index (χ0) is 30.2.